The number of fused-ring (bicyclic) bond motifs is 1. The molecule has 0 saturated heterocycles. The first kappa shape index (κ1) is 30.2. The Morgan fingerprint density at radius 2 is 1.23 bits per heavy atom. The summed E-state index contributed by atoms with van der Waals surface area (Å²) in [6.45, 7) is 12.9. The van der Waals surface area contributed by atoms with Crippen molar-refractivity contribution >= 4 is 0 Å². The van der Waals surface area contributed by atoms with Crippen molar-refractivity contribution in [3.05, 3.63) is 28.3 Å². The minimum absolute atomic E-state index is 0.0906. The highest BCUT2D eigenvalue weighted by Crippen LogP contribution is 2.40. The van der Waals surface area contributed by atoms with Gasteiger partial charge in [-0.1, -0.05) is 109 Å². The second-order valence-corrected chi connectivity index (χ2v) is 11.7. The van der Waals surface area contributed by atoms with E-state index in [2.05, 4.69) is 40.7 Å². The zero-order valence-corrected chi connectivity index (χ0v) is 24.2. The van der Waals surface area contributed by atoms with E-state index in [0.717, 1.165) is 38.2 Å². The van der Waals surface area contributed by atoms with Gasteiger partial charge in [-0.25, -0.2) is 0 Å². The molecule has 0 radical (unpaired) electrons. The summed E-state index contributed by atoms with van der Waals surface area (Å²) in [5.41, 5.74) is 5.35. The number of hydrogen-bond donors (Lipinski definition) is 0. The molecule has 0 aromatic heterocycles. The van der Waals surface area contributed by atoms with Crippen molar-refractivity contribution in [2.45, 2.75) is 162 Å². The van der Waals surface area contributed by atoms with Gasteiger partial charge in [0.2, 0.25) is 0 Å². The zero-order valence-electron chi connectivity index (χ0n) is 24.2. The molecule has 1 aliphatic rings. The number of rotatable bonds is 20. The lowest BCUT2D eigenvalue weighted by molar-refractivity contribution is 0.0178. The third-order valence-corrected chi connectivity index (χ3v) is 8.28. The van der Waals surface area contributed by atoms with E-state index in [9.17, 15) is 0 Å². The maximum Gasteiger partial charge on any atom is 0.126 e. The van der Waals surface area contributed by atoms with E-state index in [1.165, 1.54) is 125 Å². The summed E-state index contributed by atoms with van der Waals surface area (Å²) in [7, 11) is 0. The van der Waals surface area contributed by atoms with E-state index in [-0.39, 0.29) is 5.60 Å². The molecule has 0 amide bonds. The largest absolute Gasteiger partial charge is 0.487 e. The van der Waals surface area contributed by atoms with Gasteiger partial charge in [-0.3, -0.25) is 0 Å². The Kier molecular flexibility index (Phi) is 15.0. The Balaban J connectivity index is 1.39. The van der Waals surface area contributed by atoms with Crippen LogP contribution in [0.15, 0.2) is 6.07 Å². The first-order chi connectivity index (χ1) is 17.0. The zero-order chi connectivity index (χ0) is 25.4. The molecule has 0 N–H and O–H groups in total. The first-order valence-electron chi connectivity index (χ1n) is 15.3. The molecule has 1 aromatic carbocycles. The fourth-order valence-corrected chi connectivity index (χ4v) is 5.56. The SMILES string of the molecule is CCCCCCCCCCCCCCCCCCOCCC1(C)CCc2c(C)cc(C)c(C)c2O1. The molecule has 0 fully saturated rings. The van der Waals surface area contributed by atoms with Gasteiger partial charge in [0.05, 0.1) is 6.61 Å². The topological polar surface area (TPSA) is 18.5 Å². The summed E-state index contributed by atoms with van der Waals surface area (Å²) >= 11 is 0. The molecule has 1 aliphatic heterocycles. The standard InChI is InChI=1S/C33H58O2/c1-6-7-8-9-10-11-12-13-14-15-16-17-18-19-20-21-25-34-26-24-33(5)23-22-31-29(3)27-28(2)30(4)32(31)35-33/h27H,6-26H2,1-5H3. The molecule has 0 spiro atoms. The third kappa shape index (κ3) is 11.7. The lowest BCUT2D eigenvalue weighted by Gasteiger charge is -2.37. The average molecular weight is 487 g/mol. The highest BCUT2D eigenvalue weighted by molar-refractivity contribution is 5.51. The van der Waals surface area contributed by atoms with Gasteiger partial charge in [0, 0.05) is 13.0 Å². The Morgan fingerprint density at radius 3 is 1.77 bits per heavy atom. The van der Waals surface area contributed by atoms with E-state index in [0.29, 0.717) is 0 Å². The van der Waals surface area contributed by atoms with Crippen molar-refractivity contribution in [1.29, 1.82) is 0 Å². The Hall–Kier alpha value is -1.02. The van der Waals surface area contributed by atoms with Crippen molar-refractivity contribution in [2.24, 2.45) is 0 Å². The smallest absolute Gasteiger partial charge is 0.126 e. The monoisotopic (exact) mass is 486 g/mol. The Labute approximate surface area is 219 Å². The summed E-state index contributed by atoms with van der Waals surface area (Å²) in [5.74, 6) is 1.15. The lowest BCUT2D eigenvalue weighted by atomic mass is 9.86. The maximum atomic E-state index is 6.57. The molecule has 202 valence electrons. The van der Waals surface area contributed by atoms with E-state index in [4.69, 9.17) is 9.47 Å². The molecule has 0 saturated carbocycles. The number of benzene rings is 1. The number of aryl methyl sites for hydroxylation is 2. The van der Waals surface area contributed by atoms with Crippen LogP contribution in [0.1, 0.15) is 152 Å². The molecule has 2 nitrogen and oxygen atoms in total. The van der Waals surface area contributed by atoms with Gasteiger partial charge in [0.1, 0.15) is 11.4 Å². The van der Waals surface area contributed by atoms with E-state index in [1.807, 2.05) is 0 Å². The normalized spacial score (nSPS) is 17.4. The van der Waals surface area contributed by atoms with Crippen molar-refractivity contribution in [2.75, 3.05) is 13.2 Å². The van der Waals surface area contributed by atoms with E-state index >= 15 is 0 Å². The van der Waals surface area contributed by atoms with Gasteiger partial charge in [0.15, 0.2) is 0 Å². The third-order valence-electron chi connectivity index (χ3n) is 8.28. The summed E-state index contributed by atoms with van der Waals surface area (Å²) < 4.78 is 12.6. The number of unbranched alkanes of at least 4 members (excludes halogenated alkanes) is 15. The van der Waals surface area contributed by atoms with Crippen LogP contribution in [0.2, 0.25) is 0 Å². The Morgan fingerprint density at radius 1 is 0.714 bits per heavy atom. The molecule has 1 heterocycles. The van der Waals surface area contributed by atoms with Crippen LogP contribution in [0.3, 0.4) is 0 Å². The molecule has 1 aromatic rings. The second-order valence-electron chi connectivity index (χ2n) is 11.7. The molecule has 0 aliphatic carbocycles. The predicted octanol–water partition coefficient (Wildman–Crippen LogP) is 10.4. The summed E-state index contributed by atoms with van der Waals surface area (Å²) in [6, 6.07) is 2.31. The average Bonchev–Trinajstić information content (AvgIpc) is 2.84. The molecular weight excluding hydrogens is 428 g/mol. The van der Waals surface area contributed by atoms with Crippen LogP contribution in [0.25, 0.3) is 0 Å². The minimum atomic E-state index is -0.0906. The van der Waals surface area contributed by atoms with Crippen molar-refractivity contribution in [3.63, 3.8) is 0 Å². The van der Waals surface area contributed by atoms with Gasteiger partial charge in [-0.05, 0) is 69.2 Å². The second kappa shape index (κ2) is 17.4. The minimum Gasteiger partial charge on any atom is -0.487 e. The van der Waals surface area contributed by atoms with Gasteiger partial charge < -0.3 is 9.47 Å². The van der Waals surface area contributed by atoms with E-state index < -0.39 is 0 Å². The molecule has 35 heavy (non-hydrogen) atoms. The molecule has 2 rings (SSSR count). The summed E-state index contributed by atoms with van der Waals surface area (Å²) in [4.78, 5) is 0. The molecule has 2 heteroatoms. The number of hydrogen-bond acceptors (Lipinski definition) is 2. The van der Waals surface area contributed by atoms with E-state index in [1.54, 1.807) is 0 Å². The van der Waals surface area contributed by atoms with Crippen LogP contribution in [0.5, 0.6) is 5.75 Å². The number of ether oxygens (including phenoxy) is 2. The van der Waals surface area contributed by atoms with Crippen LogP contribution < -0.4 is 4.74 Å². The first-order valence-corrected chi connectivity index (χ1v) is 15.3. The quantitative estimate of drug-likeness (QED) is 0.171. The molecular formula is C33H58O2. The van der Waals surface area contributed by atoms with Crippen LogP contribution in [-0.2, 0) is 11.2 Å². The fourth-order valence-electron chi connectivity index (χ4n) is 5.56. The van der Waals surface area contributed by atoms with Gasteiger partial charge >= 0.3 is 0 Å². The van der Waals surface area contributed by atoms with Gasteiger partial charge in [-0.2, -0.15) is 0 Å². The summed E-state index contributed by atoms with van der Waals surface area (Å²) in [6.07, 6.45) is 25.8. The van der Waals surface area contributed by atoms with Crippen LogP contribution in [0, 0.1) is 20.8 Å². The lowest BCUT2D eigenvalue weighted by Crippen LogP contribution is -2.38. The predicted molar refractivity (Wildman–Crippen MR) is 153 cm³/mol. The fraction of sp³-hybridized carbons (Fsp3) is 0.818. The highest BCUT2D eigenvalue weighted by atomic mass is 16.5. The van der Waals surface area contributed by atoms with Crippen LogP contribution in [0.4, 0.5) is 0 Å². The van der Waals surface area contributed by atoms with Crippen molar-refractivity contribution in [3.8, 4) is 5.75 Å². The van der Waals surface area contributed by atoms with Gasteiger partial charge in [0.25, 0.3) is 0 Å². The highest BCUT2D eigenvalue weighted by Gasteiger charge is 2.33. The van der Waals surface area contributed by atoms with Crippen LogP contribution in [-0.4, -0.2) is 18.8 Å². The Bertz CT molecular complexity index is 695. The van der Waals surface area contributed by atoms with Crippen molar-refractivity contribution in [1.82, 2.24) is 0 Å². The summed E-state index contributed by atoms with van der Waals surface area (Å²) in [5, 5.41) is 0. The molecule has 0 bridgehead atoms. The molecule has 1 atom stereocenters. The molecule has 1 unspecified atom stereocenters. The maximum absolute atomic E-state index is 6.57. The van der Waals surface area contributed by atoms with Crippen molar-refractivity contribution < 1.29 is 9.47 Å². The van der Waals surface area contributed by atoms with Gasteiger partial charge in [-0.15, -0.1) is 0 Å². The van der Waals surface area contributed by atoms with Crippen LogP contribution >= 0.6 is 0 Å².